The number of fused-ring (bicyclic) bond motifs is 1. The van der Waals surface area contributed by atoms with E-state index in [-0.39, 0.29) is 6.10 Å². The lowest BCUT2D eigenvalue weighted by Gasteiger charge is -2.37. The lowest BCUT2D eigenvalue weighted by molar-refractivity contribution is -0.242. The number of nitriles is 1. The van der Waals surface area contributed by atoms with Crippen molar-refractivity contribution in [3.05, 3.63) is 17.7 Å². The summed E-state index contributed by atoms with van der Waals surface area (Å²) in [4.78, 5) is 12.1. The number of carbonyl (C=O) groups is 1. The van der Waals surface area contributed by atoms with E-state index in [2.05, 4.69) is 37.3 Å². The molecule has 166 valence electrons. The Morgan fingerprint density at radius 3 is 2.57 bits per heavy atom. The Labute approximate surface area is 190 Å². The Hall–Kier alpha value is -1.55. The van der Waals surface area contributed by atoms with E-state index in [1.165, 1.54) is 9.12 Å². The Morgan fingerprint density at radius 2 is 2.03 bits per heavy atom. The van der Waals surface area contributed by atoms with Crippen molar-refractivity contribution in [2.24, 2.45) is 5.41 Å². The number of nitrogens with one attached hydrogen (secondary N) is 1. The molecule has 0 aromatic heterocycles. The number of alkyl halides is 3. The van der Waals surface area contributed by atoms with Gasteiger partial charge < -0.3 is 13.8 Å². The molecule has 2 rings (SSSR count). The maximum atomic E-state index is 13.0. The maximum Gasteiger partial charge on any atom is 0.427 e. The average molecular weight is 557 g/mol. The molecular formula is C19H23F3IN3O3S. The minimum Gasteiger partial charge on any atom is -0.486 e. The first-order valence-electron chi connectivity index (χ1n) is 9.05. The van der Waals surface area contributed by atoms with Crippen LogP contribution in [0.25, 0.3) is 0 Å². The van der Waals surface area contributed by atoms with E-state index < -0.39 is 23.3 Å². The van der Waals surface area contributed by atoms with Gasteiger partial charge in [0.15, 0.2) is 0 Å². The van der Waals surface area contributed by atoms with Gasteiger partial charge in [0.25, 0.3) is 0 Å². The van der Waals surface area contributed by atoms with Gasteiger partial charge in [-0.15, -0.1) is 0 Å². The van der Waals surface area contributed by atoms with Gasteiger partial charge in [-0.1, -0.05) is 0 Å². The van der Waals surface area contributed by atoms with Crippen molar-refractivity contribution >= 4 is 47.8 Å². The molecule has 1 aliphatic heterocycles. The maximum absolute atomic E-state index is 13.0. The first-order chi connectivity index (χ1) is 13.7. The van der Waals surface area contributed by atoms with Crippen LogP contribution in [0.5, 0.6) is 5.75 Å². The number of hydrogen-bond donors (Lipinski definition) is 1. The smallest absolute Gasteiger partial charge is 0.427 e. The topological polar surface area (TPSA) is 74.6 Å². The van der Waals surface area contributed by atoms with Crippen LogP contribution >= 0.6 is 30.3 Å². The third kappa shape index (κ3) is 5.57. The van der Waals surface area contributed by atoms with E-state index in [4.69, 9.17) is 4.74 Å². The van der Waals surface area contributed by atoms with Crippen LogP contribution in [0.15, 0.2) is 12.1 Å². The van der Waals surface area contributed by atoms with Gasteiger partial charge in [0.05, 0.1) is 23.7 Å². The first kappa shape index (κ1) is 24.7. The summed E-state index contributed by atoms with van der Waals surface area (Å²) >= 11 is 2.13. The third-order valence-corrected chi connectivity index (χ3v) is 6.62. The van der Waals surface area contributed by atoms with Crippen molar-refractivity contribution in [1.82, 2.24) is 0 Å². The first-order valence-corrected chi connectivity index (χ1v) is 12.4. The Kier molecular flexibility index (Phi) is 7.33. The lowest BCUT2D eigenvalue weighted by atomic mass is 9.88. The number of halogens is 4. The molecule has 1 N–H and O–H groups in total. The zero-order valence-electron chi connectivity index (χ0n) is 17.2. The second-order valence-corrected chi connectivity index (χ2v) is 9.94. The molecule has 1 aromatic carbocycles. The summed E-state index contributed by atoms with van der Waals surface area (Å²) < 4.78 is 51.5. The van der Waals surface area contributed by atoms with Crippen LogP contribution in [0, 0.1) is 23.7 Å². The predicted octanol–water partition coefficient (Wildman–Crippen LogP) is 6.39. The van der Waals surface area contributed by atoms with E-state index in [1.807, 2.05) is 18.2 Å². The van der Waals surface area contributed by atoms with Crippen LogP contribution in [-0.2, 0) is 4.74 Å². The second kappa shape index (κ2) is 8.90. The Balaban J connectivity index is 2.24. The fourth-order valence-corrected chi connectivity index (χ4v) is 4.51. The molecule has 1 heterocycles. The molecular weight excluding hydrogens is 534 g/mol. The summed E-state index contributed by atoms with van der Waals surface area (Å²) in [6.07, 6.45) is -5.55. The summed E-state index contributed by atoms with van der Waals surface area (Å²) in [6, 6.07) is 5.48. The van der Waals surface area contributed by atoms with Gasteiger partial charge in [0.1, 0.15) is 11.9 Å². The normalized spacial score (nSPS) is 16.9. The van der Waals surface area contributed by atoms with E-state index in [0.29, 0.717) is 35.7 Å². The van der Waals surface area contributed by atoms with E-state index in [9.17, 15) is 23.2 Å². The summed E-state index contributed by atoms with van der Waals surface area (Å²) in [5.41, 5.74) is -1.49. The summed E-state index contributed by atoms with van der Waals surface area (Å²) in [7, 11) is 1.43. The van der Waals surface area contributed by atoms with Crippen LogP contribution < -0.4 is 14.4 Å². The lowest BCUT2D eigenvalue weighted by Crippen LogP contribution is -2.44. The molecule has 11 heteroatoms. The molecule has 0 fully saturated rings. The fraction of sp³-hybridized carbons (Fsp3) is 0.579. The fourth-order valence-electron chi connectivity index (χ4n) is 2.92. The molecule has 6 nitrogen and oxygen atoms in total. The molecule has 0 spiro atoms. The molecule has 1 atom stereocenters. The van der Waals surface area contributed by atoms with Crippen LogP contribution in [0.4, 0.5) is 29.3 Å². The largest absolute Gasteiger partial charge is 0.486 e. The predicted molar refractivity (Wildman–Crippen MR) is 119 cm³/mol. The van der Waals surface area contributed by atoms with Gasteiger partial charge in [-0.05, 0) is 46.8 Å². The van der Waals surface area contributed by atoms with E-state index >= 15 is 0 Å². The van der Waals surface area contributed by atoms with Gasteiger partial charge in [-0.2, -0.15) is 18.4 Å². The highest BCUT2D eigenvalue weighted by Gasteiger charge is 2.51. The summed E-state index contributed by atoms with van der Waals surface area (Å²) in [5, 5.41) is 11.7. The number of nitrogens with zero attached hydrogens (tertiary/aromatic N) is 2. The molecule has 0 radical (unpaired) electrons. The third-order valence-electron chi connectivity index (χ3n) is 4.70. The second-order valence-electron chi connectivity index (χ2n) is 8.18. The zero-order chi connectivity index (χ0) is 22.9. The number of benzene rings is 1. The number of anilines is 2. The van der Waals surface area contributed by atoms with Crippen molar-refractivity contribution < 1.29 is 27.4 Å². The van der Waals surface area contributed by atoms with E-state index in [1.54, 1.807) is 19.1 Å². The summed E-state index contributed by atoms with van der Waals surface area (Å²) in [6.45, 7) is 7.53. The number of amides is 1. The van der Waals surface area contributed by atoms with Crippen molar-refractivity contribution in [3.8, 4) is 11.8 Å². The molecule has 0 bridgehead atoms. The van der Waals surface area contributed by atoms with Gasteiger partial charge in [-0.25, -0.2) is 4.79 Å². The number of hydrogen-bond acceptors (Lipinski definition) is 6. The minimum absolute atomic E-state index is 0.204. The number of rotatable bonds is 5. The van der Waals surface area contributed by atoms with Crippen LogP contribution in [-0.4, -0.2) is 30.5 Å². The van der Waals surface area contributed by atoms with Crippen LogP contribution in [0.3, 0.4) is 0 Å². The highest BCUT2D eigenvalue weighted by molar-refractivity contribution is 14.2. The number of carbonyl (C=O) groups excluding carboxylic acids is 1. The molecule has 1 aliphatic rings. The van der Waals surface area contributed by atoms with Crippen molar-refractivity contribution in [2.45, 2.75) is 58.9 Å². The quantitative estimate of drug-likeness (QED) is 0.334. The monoisotopic (exact) mass is 557 g/mol. The van der Waals surface area contributed by atoms with Gasteiger partial charge in [0.2, 0.25) is 5.60 Å². The molecule has 0 saturated heterocycles. The van der Waals surface area contributed by atoms with Gasteiger partial charge >= 0.3 is 12.3 Å². The van der Waals surface area contributed by atoms with Gasteiger partial charge in [0, 0.05) is 48.0 Å². The highest BCUT2D eigenvalue weighted by atomic mass is 127. The number of ether oxygens (including phenoxy) is 2. The molecule has 1 unspecified atom stereocenters. The molecule has 0 aliphatic carbocycles. The van der Waals surface area contributed by atoms with E-state index in [0.717, 1.165) is 13.8 Å². The van der Waals surface area contributed by atoms with Gasteiger partial charge in [-0.3, -0.25) is 5.32 Å². The minimum atomic E-state index is -4.69. The Morgan fingerprint density at radius 1 is 1.40 bits per heavy atom. The zero-order valence-corrected chi connectivity index (χ0v) is 20.2. The molecule has 1 aromatic rings. The van der Waals surface area contributed by atoms with Crippen LogP contribution in [0.1, 0.15) is 39.7 Å². The molecule has 1 amide bonds. The standard InChI is InChI=1S/C19H23F3IN3O3S/c1-11-13(25-16(27)29-18(4,5)19(20,21)22)6-7-14-15(11)26(30-23)9-12(28-14)8-17(2,3)10-24/h6-7,12H,8-9H2,1-5H3,(H,25,27). The van der Waals surface area contributed by atoms with Crippen LogP contribution in [0.2, 0.25) is 0 Å². The molecule has 30 heavy (non-hydrogen) atoms. The average Bonchev–Trinajstić information content (AvgIpc) is 2.61. The highest BCUT2D eigenvalue weighted by Crippen LogP contribution is 2.45. The Bertz CT molecular complexity index is 856. The van der Waals surface area contributed by atoms with Crippen molar-refractivity contribution in [2.75, 3.05) is 16.2 Å². The van der Waals surface area contributed by atoms with Crippen molar-refractivity contribution in [3.63, 3.8) is 0 Å². The molecule has 0 saturated carbocycles. The SMILES string of the molecule is Cc1c(NC(=O)OC(C)(C)C(F)(F)F)ccc2c1N(SI)CC(CC(C)(C)C#N)O2. The van der Waals surface area contributed by atoms with Crippen molar-refractivity contribution in [1.29, 1.82) is 5.26 Å². The summed E-state index contributed by atoms with van der Waals surface area (Å²) in [5.74, 6) is 0.580.